The number of anilines is 2. The summed E-state index contributed by atoms with van der Waals surface area (Å²) in [6.45, 7) is 7.96. The maximum Gasteiger partial charge on any atom is 0.163 e. The summed E-state index contributed by atoms with van der Waals surface area (Å²) in [6.07, 6.45) is 0. The van der Waals surface area contributed by atoms with Crippen LogP contribution < -0.4 is 14.8 Å². The van der Waals surface area contributed by atoms with E-state index < -0.39 is 0 Å². The number of hydrogen-bond donors (Lipinski definition) is 1. The van der Waals surface area contributed by atoms with Crippen LogP contribution in [0.25, 0.3) is 11.4 Å². The lowest BCUT2D eigenvalue weighted by Crippen LogP contribution is -2.27. The van der Waals surface area contributed by atoms with Crippen molar-refractivity contribution >= 4 is 23.1 Å². The summed E-state index contributed by atoms with van der Waals surface area (Å²) in [5.74, 6) is 2.78. The highest BCUT2D eigenvalue weighted by Crippen LogP contribution is 2.25. The maximum absolute atomic E-state index is 6.22. The molecular formula is C23H27ClN4O2. The first-order chi connectivity index (χ1) is 14.6. The lowest BCUT2D eigenvalue weighted by atomic mass is 10.2. The summed E-state index contributed by atoms with van der Waals surface area (Å²) in [5.41, 5.74) is 1.75. The third-order valence-corrected chi connectivity index (χ3v) is 4.93. The molecule has 158 valence electrons. The Morgan fingerprint density at radius 1 is 0.933 bits per heavy atom. The molecule has 0 bridgehead atoms. The fourth-order valence-corrected chi connectivity index (χ4v) is 3.15. The lowest BCUT2D eigenvalue weighted by Gasteiger charge is -2.18. The lowest BCUT2D eigenvalue weighted by molar-refractivity contribution is 0.223. The number of benzene rings is 2. The van der Waals surface area contributed by atoms with Gasteiger partial charge in [-0.1, -0.05) is 25.4 Å². The van der Waals surface area contributed by atoms with E-state index in [2.05, 4.69) is 34.0 Å². The second-order valence-electron chi connectivity index (χ2n) is 6.65. The quantitative estimate of drug-likeness (QED) is 0.445. The number of hydrogen-bond acceptors (Lipinski definition) is 6. The second kappa shape index (κ2) is 10.8. The highest BCUT2D eigenvalue weighted by molar-refractivity contribution is 6.29. The van der Waals surface area contributed by atoms with Gasteiger partial charge in [0.25, 0.3) is 0 Å². The summed E-state index contributed by atoms with van der Waals surface area (Å²) in [7, 11) is 1.63. The molecule has 7 heteroatoms. The van der Waals surface area contributed by atoms with Gasteiger partial charge in [0.15, 0.2) is 5.82 Å². The Morgan fingerprint density at radius 2 is 1.60 bits per heavy atom. The van der Waals surface area contributed by atoms with Gasteiger partial charge in [-0.15, -0.1) is 0 Å². The fraction of sp³-hybridized carbons (Fsp3) is 0.304. The number of ether oxygens (including phenoxy) is 2. The molecule has 1 N–H and O–H groups in total. The number of halogens is 1. The Morgan fingerprint density at radius 3 is 2.23 bits per heavy atom. The molecule has 0 aliphatic heterocycles. The minimum atomic E-state index is 0.370. The molecule has 6 nitrogen and oxygen atoms in total. The number of likely N-dealkylation sites (N-methyl/N-ethyl adjacent to an activating group) is 1. The molecule has 3 aromatic rings. The van der Waals surface area contributed by atoms with Crippen molar-refractivity contribution in [1.82, 2.24) is 14.9 Å². The molecule has 0 saturated carbocycles. The molecule has 0 atom stereocenters. The van der Waals surface area contributed by atoms with Gasteiger partial charge in [-0.2, -0.15) is 0 Å². The van der Waals surface area contributed by atoms with Crippen molar-refractivity contribution in [2.45, 2.75) is 13.8 Å². The van der Waals surface area contributed by atoms with Crippen LogP contribution in [0.2, 0.25) is 5.15 Å². The number of nitrogens with zero attached hydrogens (tertiary/aromatic N) is 3. The largest absolute Gasteiger partial charge is 0.497 e. The van der Waals surface area contributed by atoms with E-state index in [0.717, 1.165) is 42.4 Å². The van der Waals surface area contributed by atoms with E-state index in [9.17, 15) is 0 Å². The van der Waals surface area contributed by atoms with E-state index in [1.165, 1.54) is 0 Å². The predicted octanol–water partition coefficient (Wildman–Crippen LogP) is 5.27. The van der Waals surface area contributed by atoms with Crippen LogP contribution in [0.3, 0.4) is 0 Å². The highest BCUT2D eigenvalue weighted by atomic mass is 35.5. The Bertz CT molecular complexity index is 929. The van der Waals surface area contributed by atoms with E-state index in [1.54, 1.807) is 13.2 Å². The Hall–Kier alpha value is -2.83. The van der Waals surface area contributed by atoms with Crippen molar-refractivity contribution in [1.29, 1.82) is 0 Å². The zero-order chi connectivity index (χ0) is 21.3. The molecule has 0 aliphatic carbocycles. The van der Waals surface area contributed by atoms with Crippen molar-refractivity contribution in [3.05, 3.63) is 59.8 Å². The molecule has 0 amide bonds. The Kier molecular flexibility index (Phi) is 7.88. The van der Waals surface area contributed by atoms with Gasteiger partial charge in [0, 0.05) is 23.9 Å². The Labute approximate surface area is 182 Å². The first-order valence-electron chi connectivity index (χ1n) is 10.0. The van der Waals surface area contributed by atoms with Crippen LogP contribution in [0.5, 0.6) is 11.5 Å². The third-order valence-electron chi connectivity index (χ3n) is 4.74. The van der Waals surface area contributed by atoms with E-state index in [-0.39, 0.29) is 0 Å². The summed E-state index contributed by atoms with van der Waals surface area (Å²) in [4.78, 5) is 11.2. The van der Waals surface area contributed by atoms with Gasteiger partial charge in [-0.3, -0.25) is 0 Å². The van der Waals surface area contributed by atoms with Crippen molar-refractivity contribution < 1.29 is 9.47 Å². The molecule has 0 spiro atoms. The van der Waals surface area contributed by atoms with E-state index in [0.29, 0.717) is 23.4 Å². The number of nitrogens with one attached hydrogen (secondary N) is 1. The summed E-state index contributed by atoms with van der Waals surface area (Å²) < 4.78 is 11.0. The molecule has 0 radical (unpaired) electrons. The molecule has 0 fully saturated rings. The highest BCUT2D eigenvalue weighted by Gasteiger charge is 2.07. The van der Waals surface area contributed by atoms with Gasteiger partial charge < -0.3 is 19.7 Å². The van der Waals surface area contributed by atoms with E-state index in [1.807, 2.05) is 48.5 Å². The van der Waals surface area contributed by atoms with Gasteiger partial charge >= 0.3 is 0 Å². The molecule has 0 unspecified atom stereocenters. The maximum atomic E-state index is 6.22. The SMILES string of the molecule is CCN(CC)CCOc1ccc(Nc2cc(Cl)nc(-c3ccc(OC)cc3)n2)cc1. The first-order valence-corrected chi connectivity index (χ1v) is 10.4. The first kappa shape index (κ1) is 21.9. The molecule has 1 heterocycles. The summed E-state index contributed by atoms with van der Waals surface area (Å²) in [6, 6.07) is 17.0. The van der Waals surface area contributed by atoms with Crippen molar-refractivity contribution in [2.24, 2.45) is 0 Å². The van der Waals surface area contributed by atoms with E-state index >= 15 is 0 Å². The standard InChI is InChI=1S/C23H27ClN4O2/c1-4-28(5-2)14-15-30-20-12-8-18(9-13-20)25-22-16-21(24)26-23(27-22)17-6-10-19(29-3)11-7-17/h6-13,16H,4-5,14-15H2,1-3H3,(H,25,26,27). The molecule has 1 aromatic heterocycles. The smallest absolute Gasteiger partial charge is 0.163 e. The van der Waals surface area contributed by atoms with Gasteiger partial charge in [0.2, 0.25) is 0 Å². The van der Waals surface area contributed by atoms with Gasteiger partial charge in [-0.05, 0) is 61.6 Å². The molecule has 0 saturated heterocycles. The minimum absolute atomic E-state index is 0.370. The topological polar surface area (TPSA) is 59.5 Å². The van der Waals surface area contributed by atoms with Crippen molar-refractivity contribution in [3.63, 3.8) is 0 Å². The second-order valence-corrected chi connectivity index (χ2v) is 7.04. The number of rotatable bonds is 10. The van der Waals surface area contributed by atoms with Crippen LogP contribution in [0.1, 0.15) is 13.8 Å². The van der Waals surface area contributed by atoms with Gasteiger partial charge in [-0.25, -0.2) is 9.97 Å². The number of methoxy groups -OCH3 is 1. The minimum Gasteiger partial charge on any atom is -0.497 e. The molecule has 2 aromatic carbocycles. The van der Waals surface area contributed by atoms with Crippen LogP contribution in [0.4, 0.5) is 11.5 Å². The zero-order valence-corrected chi connectivity index (χ0v) is 18.3. The summed E-state index contributed by atoms with van der Waals surface area (Å²) >= 11 is 6.22. The Balaban J connectivity index is 1.65. The van der Waals surface area contributed by atoms with Gasteiger partial charge in [0.1, 0.15) is 29.1 Å². The fourth-order valence-electron chi connectivity index (χ4n) is 2.97. The molecule has 0 aliphatic rings. The van der Waals surface area contributed by atoms with Crippen LogP contribution in [-0.4, -0.2) is 48.2 Å². The number of aromatic nitrogens is 2. The normalized spacial score (nSPS) is 10.8. The summed E-state index contributed by atoms with van der Waals surface area (Å²) in [5, 5.41) is 3.64. The van der Waals surface area contributed by atoms with Crippen LogP contribution >= 0.6 is 11.6 Å². The van der Waals surface area contributed by atoms with E-state index in [4.69, 9.17) is 21.1 Å². The van der Waals surface area contributed by atoms with Crippen LogP contribution in [0.15, 0.2) is 54.6 Å². The third kappa shape index (κ3) is 6.08. The van der Waals surface area contributed by atoms with Crippen LogP contribution in [0, 0.1) is 0 Å². The molecule has 30 heavy (non-hydrogen) atoms. The van der Waals surface area contributed by atoms with Crippen molar-refractivity contribution in [2.75, 3.05) is 38.7 Å². The average Bonchev–Trinajstić information content (AvgIpc) is 2.77. The predicted molar refractivity (Wildman–Crippen MR) is 122 cm³/mol. The molecular weight excluding hydrogens is 400 g/mol. The average molecular weight is 427 g/mol. The zero-order valence-electron chi connectivity index (χ0n) is 17.6. The monoisotopic (exact) mass is 426 g/mol. The van der Waals surface area contributed by atoms with Crippen LogP contribution in [-0.2, 0) is 0 Å². The van der Waals surface area contributed by atoms with Crippen molar-refractivity contribution in [3.8, 4) is 22.9 Å². The van der Waals surface area contributed by atoms with Gasteiger partial charge in [0.05, 0.1) is 7.11 Å². The molecule has 3 rings (SSSR count).